The normalized spacial score (nSPS) is 19.5. The van der Waals surface area contributed by atoms with Gasteiger partial charge in [-0.2, -0.15) is 13.2 Å². The molecule has 0 aliphatic carbocycles. The summed E-state index contributed by atoms with van der Waals surface area (Å²) in [5.41, 5.74) is 0.775. The number of hydrogen-bond acceptors (Lipinski definition) is 5. The van der Waals surface area contributed by atoms with Gasteiger partial charge in [0.1, 0.15) is 6.04 Å². The molecule has 0 radical (unpaired) electrons. The Bertz CT molecular complexity index is 1120. The Hall–Kier alpha value is -3.15. The van der Waals surface area contributed by atoms with E-state index in [4.69, 9.17) is 16.3 Å². The van der Waals surface area contributed by atoms with Crippen LogP contribution in [0.3, 0.4) is 0 Å². The van der Waals surface area contributed by atoms with Crippen LogP contribution in [-0.4, -0.2) is 66.4 Å². The number of hydrogen-bond donors (Lipinski definition) is 2. The van der Waals surface area contributed by atoms with Crippen molar-refractivity contribution in [2.45, 2.75) is 31.3 Å². The van der Waals surface area contributed by atoms with E-state index in [1.54, 1.807) is 17.0 Å². The number of urea groups is 1. The number of rotatable bonds is 8. The van der Waals surface area contributed by atoms with Crippen molar-refractivity contribution in [3.05, 3.63) is 70.2 Å². The molecule has 2 saturated heterocycles. The summed E-state index contributed by atoms with van der Waals surface area (Å²) in [6.07, 6.45) is -4.87. The van der Waals surface area contributed by atoms with E-state index in [0.29, 0.717) is 43.3 Å². The zero-order valence-corrected chi connectivity index (χ0v) is 20.5. The summed E-state index contributed by atoms with van der Waals surface area (Å²) in [6, 6.07) is 10.6. The molecule has 0 spiro atoms. The second kappa shape index (κ2) is 11.5. The van der Waals surface area contributed by atoms with Gasteiger partial charge in [-0.1, -0.05) is 35.9 Å². The summed E-state index contributed by atoms with van der Waals surface area (Å²) in [6.45, 7) is 2.68. The molecule has 0 bridgehead atoms. The molecule has 12 heteroatoms. The summed E-state index contributed by atoms with van der Waals surface area (Å²) in [5.74, 6) is -0.720. The number of carbonyl (C=O) groups is 3. The van der Waals surface area contributed by atoms with Crippen LogP contribution in [0.1, 0.15) is 29.2 Å². The highest BCUT2D eigenvalue weighted by Gasteiger charge is 2.34. The van der Waals surface area contributed by atoms with E-state index in [1.165, 1.54) is 12.1 Å². The molecule has 4 rings (SSSR count). The number of nitrogens with one attached hydrogen (secondary N) is 2. The molecule has 0 aromatic heterocycles. The molecule has 2 aromatic carbocycles. The van der Waals surface area contributed by atoms with E-state index in [1.807, 2.05) is 12.1 Å². The van der Waals surface area contributed by atoms with Gasteiger partial charge in [0.25, 0.3) is 5.91 Å². The van der Waals surface area contributed by atoms with Crippen LogP contribution >= 0.6 is 11.6 Å². The van der Waals surface area contributed by atoms with E-state index in [-0.39, 0.29) is 25.0 Å². The third-order valence-electron chi connectivity index (χ3n) is 6.36. The first-order valence-electron chi connectivity index (χ1n) is 11.7. The zero-order valence-electron chi connectivity index (χ0n) is 19.8. The molecule has 2 fully saturated rings. The van der Waals surface area contributed by atoms with Crippen molar-refractivity contribution < 1.29 is 32.3 Å². The minimum atomic E-state index is -4.40. The Kier molecular flexibility index (Phi) is 8.35. The molecule has 8 nitrogen and oxygen atoms in total. The summed E-state index contributed by atoms with van der Waals surface area (Å²) in [4.78, 5) is 39.4. The molecule has 2 aliphatic rings. The van der Waals surface area contributed by atoms with Crippen LogP contribution < -0.4 is 10.6 Å². The van der Waals surface area contributed by atoms with Gasteiger partial charge in [0, 0.05) is 37.7 Å². The Balaban J connectivity index is 1.34. The number of ether oxygens (including phenoxy) is 1. The van der Waals surface area contributed by atoms with Gasteiger partial charge >= 0.3 is 12.2 Å². The maximum Gasteiger partial charge on any atom is 0.416 e. The smallest absolute Gasteiger partial charge is 0.368 e. The molecule has 198 valence electrons. The molecule has 2 N–H and O–H groups in total. The lowest BCUT2D eigenvalue weighted by Crippen LogP contribution is -2.51. The lowest BCUT2D eigenvalue weighted by atomic mass is 10.1. The second-order valence-corrected chi connectivity index (χ2v) is 9.38. The number of benzene rings is 2. The topological polar surface area (TPSA) is 91.0 Å². The largest absolute Gasteiger partial charge is 0.416 e. The Labute approximate surface area is 216 Å². The Morgan fingerprint density at radius 2 is 1.68 bits per heavy atom. The van der Waals surface area contributed by atoms with Gasteiger partial charge in [-0.3, -0.25) is 19.8 Å². The highest BCUT2D eigenvalue weighted by molar-refractivity contribution is 6.30. The lowest BCUT2D eigenvalue weighted by Gasteiger charge is -2.36. The second-order valence-electron chi connectivity index (χ2n) is 8.95. The summed E-state index contributed by atoms with van der Waals surface area (Å²) in [7, 11) is 0. The predicted octanol–water partition coefficient (Wildman–Crippen LogP) is 3.36. The van der Waals surface area contributed by atoms with Crippen LogP contribution in [0.15, 0.2) is 48.5 Å². The number of piperazine rings is 1. The van der Waals surface area contributed by atoms with Gasteiger partial charge in [0.2, 0.25) is 5.91 Å². The maximum atomic E-state index is 12.9. The fourth-order valence-corrected chi connectivity index (χ4v) is 4.37. The average molecular weight is 539 g/mol. The monoisotopic (exact) mass is 538 g/mol. The molecule has 2 aromatic rings. The molecule has 0 saturated carbocycles. The first kappa shape index (κ1) is 26.9. The number of carbonyl (C=O) groups excluding carboxylic acids is 3. The first-order valence-corrected chi connectivity index (χ1v) is 12.1. The van der Waals surface area contributed by atoms with Crippen LogP contribution in [-0.2, 0) is 27.1 Å². The van der Waals surface area contributed by atoms with Gasteiger partial charge in [-0.15, -0.1) is 0 Å². The average Bonchev–Trinajstić information content (AvgIpc) is 3.18. The quantitative estimate of drug-likeness (QED) is 0.503. The molecule has 2 atom stereocenters. The van der Waals surface area contributed by atoms with Crippen molar-refractivity contribution in [2.75, 3.05) is 32.7 Å². The van der Waals surface area contributed by atoms with Crippen LogP contribution in [0.4, 0.5) is 18.0 Å². The Morgan fingerprint density at radius 1 is 1.03 bits per heavy atom. The highest BCUT2D eigenvalue weighted by atomic mass is 35.5. The van der Waals surface area contributed by atoms with Crippen molar-refractivity contribution in [3.8, 4) is 0 Å². The number of halogens is 4. The van der Waals surface area contributed by atoms with Gasteiger partial charge in [-0.05, 0) is 35.4 Å². The number of nitrogens with zero attached hydrogens (tertiary/aromatic N) is 2. The van der Waals surface area contributed by atoms with E-state index in [0.717, 1.165) is 17.7 Å². The highest BCUT2D eigenvalue weighted by Crippen LogP contribution is 2.30. The van der Waals surface area contributed by atoms with Crippen molar-refractivity contribution in [1.82, 2.24) is 20.4 Å². The van der Waals surface area contributed by atoms with E-state index in [2.05, 4.69) is 15.5 Å². The van der Waals surface area contributed by atoms with Gasteiger partial charge < -0.3 is 15.0 Å². The maximum absolute atomic E-state index is 12.9. The standard InChI is InChI=1S/C25H26ClF3N4O4/c26-19-7-3-17(4-8-19)21(37-15-16-1-5-18(6-2-16)25(27,28)29)14-32-9-11-33(12-10-32)22(34)13-20-23(35)31-24(36)30-20/h1-8,20-21H,9-15H2,(H2,30,31,35,36). The minimum Gasteiger partial charge on any atom is -0.368 e. The van der Waals surface area contributed by atoms with Crippen LogP contribution in [0.25, 0.3) is 0 Å². The summed E-state index contributed by atoms with van der Waals surface area (Å²) in [5, 5.41) is 5.12. The number of amides is 4. The molecule has 37 heavy (non-hydrogen) atoms. The molecule has 2 heterocycles. The molecule has 2 unspecified atom stereocenters. The summed E-state index contributed by atoms with van der Waals surface area (Å²) < 4.78 is 44.7. The Morgan fingerprint density at radius 3 is 2.24 bits per heavy atom. The van der Waals surface area contributed by atoms with E-state index >= 15 is 0 Å². The van der Waals surface area contributed by atoms with Crippen molar-refractivity contribution >= 4 is 29.4 Å². The third kappa shape index (κ3) is 7.21. The third-order valence-corrected chi connectivity index (χ3v) is 6.61. The zero-order chi connectivity index (χ0) is 26.6. The minimum absolute atomic E-state index is 0.0960. The van der Waals surface area contributed by atoms with E-state index < -0.39 is 29.7 Å². The molecular formula is C25H26ClF3N4O4. The van der Waals surface area contributed by atoms with Crippen molar-refractivity contribution in [2.24, 2.45) is 0 Å². The fourth-order valence-electron chi connectivity index (χ4n) is 4.24. The van der Waals surface area contributed by atoms with Crippen LogP contribution in [0.5, 0.6) is 0 Å². The van der Waals surface area contributed by atoms with Crippen molar-refractivity contribution in [1.29, 1.82) is 0 Å². The molecule has 4 amide bonds. The van der Waals surface area contributed by atoms with Gasteiger partial charge in [0.05, 0.1) is 24.7 Å². The van der Waals surface area contributed by atoms with Crippen LogP contribution in [0, 0.1) is 0 Å². The van der Waals surface area contributed by atoms with Gasteiger partial charge in [0.15, 0.2) is 0 Å². The predicted molar refractivity (Wildman–Crippen MR) is 129 cm³/mol. The molecule has 2 aliphatic heterocycles. The SMILES string of the molecule is O=C1NC(=O)C(CC(=O)N2CCN(CC(OCc3ccc(C(F)(F)F)cc3)c3ccc(Cl)cc3)CC2)N1. The fraction of sp³-hybridized carbons (Fsp3) is 0.400. The van der Waals surface area contributed by atoms with Crippen LogP contribution in [0.2, 0.25) is 5.02 Å². The van der Waals surface area contributed by atoms with Gasteiger partial charge in [-0.25, -0.2) is 4.79 Å². The molecular weight excluding hydrogens is 513 g/mol. The lowest BCUT2D eigenvalue weighted by molar-refractivity contribution is -0.137. The number of imide groups is 1. The van der Waals surface area contributed by atoms with Crippen molar-refractivity contribution in [3.63, 3.8) is 0 Å². The number of alkyl halides is 3. The first-order chi connectivity index (χ1) is 17.6. The summed E-state index contributed by atoms with van der Waals surface area (Å²) >= 11 is 6.03. The van der Waals surface area contributed by atoms with E-state index in [9.17, 15) is 27.6 Å².